The van der Waals surface area contributed by atoms with Crippen LogP contribution in [-0.4, -0.2) is 19.3 Å². The van der Waals surface area contributed by atoms with E-state index in [4.69, 9.17) is 5.26 Å². The number of alkyl halides is 4. The van der Waals surface area contributed by atoms with E-state index >= 15 is 0 Å². The van der Waals surface area contributed by atoms with Crippen molar-refractivity contribution in [3.63, 3.8) is 0 Å². The van der Waals surface area contributed by atoms with Crippen molar-refractivity contribution in [3.8, 4) is 6.07 Å². The quantitative estimate of drug-likeness (QED) is 0.731. The van der Waals surface area contributed by atoms with Crippen molar-refractivity contribution in [2.45, 2.75) is 25.2 Å². The number of nitrogens with zero attached hydrogens (tertiary/aromatic N) is 2. The van der Waals surface area contributed by atoms with Crippen molar-refractivity contribution in [1.82, 2.24) is 0 Å². The normalized spacial score (nSPS) is 17.3. The lowest BCUT2D eigenvalue weighted by Gasteiger charge is -2.32. The van der Waals surface area contributed by atoms with E-state index in [1.165, 1.54) is 17.0 Å². The fourth-order valence-electron chi connectivity index (χ4n) is 2.20. The molecule has 19 heavy (non-hydrogen) atoms. The molecule has 1 aromatic carbocycles. The van der Waals surface area contributed by atoms with Gasteiger partial charge in [0.2, 0.25) is 0 Å². The van der Waals surface area contributed by atoms with Gasteiger partial charge in [-0.25, -0.2) is 4.39 Å². The maximum absolute atomic E-state index is 13.0. The smallest absolute Gasteiger partial charge is 0.371 e. The van der Waals surface area contributed by atoms with Gasteiger partial charge < -0.3 is 4.90 Å². The first kappa shape index (κ1) is 13.7. The zero-order valence-corrected chi connectivity index (χ0v) is 10.0. The Labute approximate surface area is 108 Å². The molecule has 0 amide bonds. The van der Waals surface area contributed by atoms with E-state index in [-0.39, 0.29) is 37.2 Å². The van der Waals surface area contributed by atoms with Crippen molar-refractivity contribution in [2.24, 2.45) is 0 Å². The average Bonchev–Trinajstić information content (AvgIpc) is 2.38. The summed E-state index contributed by atoms with van der Waals surface area (Å²) in [5, 5.41) is 8.68. The van der Waals surface area contributed by atoms with Crippen LogP contribution in [0.15, 0.2) is 18.2 Å². The lowest BCUT2D eigenvalue weighted by molar-refractivity contribution is -0.137. The number of hydrogen-bond donors (Lipinski definition) is 0. The van der Waals surface area contributed by atoms with Crippen molar-refractivity contribution < 1.29 is 17.6 Å². The molecule has 2 nitrogen and oxygen atoms in total. The number of hydrogen-bond acceptors (Lipinski definition) is 2. The number of anilines is 1. The number of benzene rings is 1. The van der Waals surface area contributed by atoms with Gasteiger partial charge in [-0.05, 0) is 31.0 Å². The second kappa shape index (κ2) is 5.08. The molecule has 0 spiro atoms. The Morgan fingerprint density at radius 2 is 1.84 bits per heavy atom. The molecule has 0 unspecified atom stereocenters. The first-order chi connectivity index (χ1) is 8.91. The molecule has 1 heterocycles. The van der Waals surface area contributed by atoms with E-state index in [0.717, 1.165) is 6.07 Å². The Morgan fingerprint density at radius 1 is 1.21 bits per heavy atom. The van der Waals surface area contributed by atoms with E-state index in [9.17, 15) is 17.6 Å². The molecule has 1 fully saturated rings. The van der Waals surface area contributed by atoms with Crippen molar-refractivity contribution in [1.29, 1.82) is 5.26 Å². The van der Waals surface area contributed by atoms with E-state index in [1.54, 1.807) is 6.07 Å². The van der Waals surface area contributed by atoms with Gasteiger partial charge in [0.1, 0.15) is 6.17 Å². The summed E-state index contributed by atoms with van der Waals surface area (Å²) < 4.78 is 52.0. The van der Waals surface area contributed by atoms with Gasteiger partial charge in [-0.15, -0.1) is 0 Å². The summed E-state index contributed by atoms with van der Waals surface area (Å²) in [6.45, 7) is 0.520. The van der Waals surface area contributed by atoms with Crippen LogP contribution in [0.1, 0.15) is 24.0 Å². The van der Waals surface area contributed by atoms with Gasteiger partial charge in [-0.3, -0.25) is 0 Å². The number of halogens is 4. The summed E-state index contributed by atoms with van der Waals surface area (Å²) in [5.74, 6) is 0. The first-order valence-corrected chi connectivity index (χ1v) is 5.92. The largest absolute Gasteiger partial charge is 0.418 e. The fourth-order valence-corrected chi connectivity index (χ4v) is 2.20. The Bertz CT molecular complexity index is 496. The molecule has 2 rings (SSSR count). The summed E-state index contributed by atoms with van der Waals surface area (Å²) in [7, 11) is 0. The zero-order chi connectivity index (χ0) is 14.0. The Kier molecular flexibility index (Phi) is 3.65. The highest BCUT2D eigenvalue weighted by atomic mass is 19.4. The van der Waals surface area contributed by atoms with E-state index < -0.39 is 17.9 Å². The summed E-state index contributed by atoms with van der Waals surface area (Å²) in [4.78, 5) is 1.53. The van der Waals surface area contributed by atoms with Crippen LogP contribution in [-0.2, 0) is 6.18 Å². The maximum atomic E-state index is 13.0. The van der Waals surface area contributed by atoms with Gasteiger partial charge in [-0.1, -0.05) is 0 Å². The molecule has 1 aliphatic rings. The third-order valence-electron chi connectivity index (χ3n) is 3.20. The summed E-state index contributed by atoms with van der Waals surface area (Å²) in [5.41, 5.74) is -0.835. The van der Waals surface area contributed by atoms with Crippen molar-refractivity contribution in [2.75, 3.05) is 18.0 Å². The summed E-state index contributed by atoms with van der Waals surface area (Å²) in [6, 6.07) is 5.19. The molecule has 1 aromatic rings. The van der Waals surface area contributed by atoms with E-state index in [1.807, 2.05) is 0 Å². The molecule has 6 heteroatoms. The second-order valence-electron chi connectivity index (χ2n) is 4.50. The number of rotatable bonds is 1. The van der Waals surface area contributed by atoms with Crippen LogP contribution in [0.2, 0.25) is 0 Å². The molecule has 102 valence electrons. The van der Waals surface area contributed by atoms with E-state index in [0.29, 0.717) is 0 Å². The monoisotopic (exact) mass is 272 g/mol. The highest BCUT2D eigenvalue weighted by Crippen LogP contribution is 2.38. The number of piperidine rings is 1. The predicted octanol–water partition coefficient (Wildman–Crippen LogP) is 3.52. The predicted molar refractivity (Wildman–Crippen MR) is 62.5 cm³/mol. The second-order valence-corrected chi connectivity index (χ2v) is 4.50. The fraction of sp³-hybridized carbons (Fsp3) is 0.462. The minimum absolute atomic E-state index is 0.0263. The minimum atomic E-state index is -4.52. The van der Waals surface area contributed by atoms with Gasteiger partial charge >= 0.3 is 6.18 Å². The SMILES string of the molecule is N#Cc1ccc(N2CCC(F)CC2)c(C(F)(F)F)c1. The first-order valence-electron chi connectivity index (χ1n) is 5.92. The molecule has 0 N–H and O–H groups in total. The van der Waals surface area contributed by atoms with Crippen LogP contribution < -0.4 is 4.90 Å². The molecule has 0 aromatic heterocycles. The van der Waals surface area contributed by atoms with E-state index in [2.05, 4.69) is 0 Å². The third-order valence-corrected chi connectivity index (χ3v) is 3.20. The molecule has 0 radical (unpaired) electrons. The van der Waals surface area contributed by atoms with Gasteiger partial charge in [-0.2, -0.15) is 18.4 Å². The molecule has 1 saturated heterocycles. The Balaban J connectivity index is 2.37. The van der Waals surface area contributed by atoms with Gasteiger partial charge in [0.15, 0.2) is 0 Å². The summed E-state index contributed by atoms with van der Waals surface area (Å²) in [6.07, 6.45) is -4.99. The average molecular weight is 272 g/mol. The van der Waals surface area contributed by atoms with Crippen LogP contribution in [0.25, 0.3) is 0 Å². The molecule has 0 atom stereocenters. The maximum Gasteiger partial charge on any atom is 0.418 e. The van der Waals surface area contributed by atoms with Crippen LogP contribution in [0, 0.1) is 11.3 Å². The van der Waals surface area contributed by atoms with Crippen LogP contribution in [0.3, 0.4) is 0 Å². The molecule has 0 bridgehead atoms. The standard InChI is InChI=1S/C13H12F4N2/c14-10-3-5-19(6-4-10)12-2-1-9(8-18)7-11(12)13(15,16)17/h1-2,7,10H,3-6H2. The molecule has 1 aliphatic heterocycles. The topological polar surface area (TPSA) is 27.0 Å². The summed E-state index contributed by atoms with van der Waals surface area (Å²) >= 11 is 0. The molecule has 0 aliphatic carbocycles. The van der Waals surface area contributed by atoms with Crippen molar-refractivity contribution in [3.05, 3.63) is 29.3 Å². The number of nitriles is 1. The molecule has 0 saturated carbocycles. The Morgan fingerprint density at radius 3 is 2.37 bits per heavy atom. The molecular weight excluding hydrogens is 260 g/mol. The third kappa shape index (κ3) is 2.98. The van der Waals surface area contributed by atoms with Gasteiger partial charge in [0, 0.05) is 18.8 Å². The zero-order valence-electron chi connectivity index (χ0n) is 10.0. The van der Waals surface area contributed by atoms with Crippen molar-refractivity contribution >= 4 is 5.69 Å². The van der Waals surface area contributed by atoms with Crippen LogP contribution in [0.4, 0.5) is 23.2 Å². The van der Waals surface area contributed by atoms with Gasteiger partial charge in [0.05, 0.1) is 17.2 Å². The highest BCUT2D eigenvalue weighted by Gasteiger charge is 2.36. The minimum Gasteiger partial charge on any atom is -0.371 e. The van der Waals surface area contributed by atoms with Gasteiger partial charge in [0.25, 0.3) is 0 Å². The van der Waals surface area contributed by atoms with Crippen LogP contribution in [0.5, 0.6) is 0 Å². The van der Waals surface area contributed by atoms with Crippen LogP contribution >= 0.6 is 0 Å². The highest BCUT2D eigenvalue weighted by molar-refractivity contribution is 5.58. The molecular formula is C13H12F4N2. The lowest BCUT2D eigenvalue weighted by atomic mass is 10.0. The lowest BCUT2D eigenvalue weighted by Crippen LogP contribution is -2.35. The Hall–Kier alpha value is -1.77.